The average Bonchev–Trinajstić information content (AvgIpc) is 2.91. The second-order valence-electron chi connectivity index (χ2n) is 5.94. The molecule has 0 aliphatic heterocycles. The summed E-state index contributed by atoms with van der Waals surface area (Å²) < 4.78 is 8.34. The van der Waals surface area contributed by atoms with E-state index in [1.54, 1.807) is 0 Å². The molecule has 1 heterocycles. The van der Waals surface area contributed by atoms with Crippen molar-refractivity contribution in [1.82, 2.24) is 9.55 Å². The number of hydrogen-bond donors (Lipinski definition) is 0. The van der Waals surface area contributed by atoms with E-state index in [9.17, 15) is 0 Å². The summed E-state index contributed by atoms with van der Waals surface area (Å²) in [5.41, 5.74) is 4.70. The molecule has 3 rings (SSSR count). The highest BCUT2D eigenvalue weighted by atomic mass is 16.5. The van der Waals surface area contributed by atoms with Crippen LogP contribution < -0.4 is 4.74 Å². The van der Waals surface area contributed by atoms with E-state index in [1.165, 1.54) is 16.6 Å². The molecule has 23 heavy (non-hydrogen) atoms. The number of fused-ring (bicyclic) bond motifs is 1. The molecule has 0 bridgehead atoms. The van der Waals surface area contributed by atoms with Gasteiger partial charge in [0, 0.05) is 13.0 Å². The van der Waals surface area contributed by atoms with Crippen LogP contribution in [0.15, 0.2) is 42.5 Å². The predicted octanol–water partition coefficient (Wildman–Crippen LogP) is 4.68. The van der Waals surface area contributed by atoms with E-state index in [2.05, 4.69) is 61.7 Å². The van der Waals surface area contributed by atoms with Crippen LogP contribution in [-0.4, -0.2) is 16.2 Å². The van der Waals surface area contributed by atoms with E-state index in [0.29, 0.717) is 0 Å². The minimum atomic E-state index is 0.724. The Balaban J connectivity index is 1.67. The summed E-state index contributed by atoms with van der Waals surface area (Å²) in [5.74, 6) is 2.18. The van der Waals surface area contributed by atoms with Gasteiger partial charge in [-0.3, -0.25) is 0 Å². The molecule has 0 fully saturated rings. The van der Waals surface area contributed by atoms with Crippen LogP contribution in [0.4, 0.5) is 0 Å². The van der Waals surface area contributed by atoms with Crippen LogP contribution in [0.3, 0.4) is 0 Å². The third-order valence-corrected chi connectivity index (χ3v) is 4.23. The smallest absolute Gasteiger partial charge is 0.125 e. The van der Waals surface area contributed by atoms with Crippen LogP contribution in [0.5, 0.6) is 5.75 Å². The average molecular weight is 308 g/mol. The first kappa shape index (κ1) is 15.6. The molecule has 0 atom stereocenters. The standard InChI is InChI=1S/C20H24N2O/c1-4-19-21-17-11-5-6-12-18(17)22(19)13-8-14-23-20-15(2)9-7-10-16(20)3/h5-7,9-12H,4,8,13-14H2,1-3H3. The Morgan fingerprint density at radius 1 is 1.00 bits per heavy atom. The van der Waals surface area contributed by atoms with E-state index < -0.39 is 0 Å². The molecular weight excluding hydrogens is 284 g/mol. The lowest BCUT2D eigenvalue weighted by molar-refractivity contribution is 0.298. The summed E-state index contributed by atoms with van der Waals surface area (Å²) in [5, 5.41) is 0. The van der Waals surface area contributed by atoms with Gasteiger partial charge in [-0.15, -0.1) is 0 Å². The van der Waals surface area contributed by atoms with Gasteiger partial charge in [0.05, 0.1) is 17.6 Å². The molecule has 0 spiro atoms. The van der Waals surface area contributed by atoms with Gasteiger partial charge in [-0.1, -0.05) is 37.3 Å². The third-order valence-electron chi connectivity index (χ3n) is 4.23. The van der Waals surface area contributed by atoms with Crippen LogP contribution in [0, 0.1) is 13.8 Å². The first-order valence-electron chi connectivity index (χ1n) is 8.34. The second kappa shape index (κ2) is 6.86. The van der Waals surface area contributed by atoms with E-state index in [1.807, 2.05) is 6.07 Å². The van der Waals surface area contributed by atoms with E-state index in [-0.39, 0.29) is 0 Å². The van der Waals surface area contributed by atoms with Crippen LogP contribution in [0.25, 0.3) is 11.0 Å². The maximum atomic E-state index is 6.02. The zero-order valence-electron chi connectivity index (χ0n) is 14.2. The Bertz CT molecular complexity index is 784. The van der Waals surface area contributed by atoms with E-state index in [4.69, 9.17) is 9.72 Å². The first-order valence-corrected chi connectivity index (χ1v) is 8.34. The minimum Gasteiger partial charge on any atom is -0.493 e. The molecule has 0 saturated carbocycles. The van der Waals surface area contributed by atoms with Crippen LogP contribution in [-0.2, 0) is 13.0 Å². The van der Waals surface area contributed by atoms with Crippen molar-refractivity contribution in [2.45, 2.75) is 40.2 Å². The summed E-state index contributed by atoms with van der Waals surface area (Å²) in [6.45, 7) is 8.02. The van der Waals surface area contributed by atoms with Crippen LogP contribution >= 0.6 is 0 Å². The maximum Gasteiger partial charge on any atom is 0.125 e. The van der Waals surface area contributed by atoms with Crippen molar-refractivity contribution in [3.8, 4) is 5.75 Å². The highest BCUT2D eigenvalue weighted by Crippen LogP contribution is 2.23. The van der Waals surface area contributed by atoms with Crippen molar-refractivity contribution in [3.05, 3.63) is 59.4 Å². The van der Waals surface area contributed by atoms with Gasteiger partial charge in [0.25, 0.3) is 0 Å². The maximum absolute atomic E-state index is 6.02. The molecule has 0 N–H and O–H groups in total. The van der Waals surface area contributed by atoms with Crippen molar-refractivity contribution in [1.29, 1.82) is 0 Å². The molecule has 0 aliphatic carbocycles. The minimum absolute atomic E-state index is 0.724. The first-order chi connectivity index (χ1) is 11.2. The molecule has 3 heteroatoms. The fourth-order valence-electron chi connectivity index (χ4n) is 3.07. The number of hydrogen-bond acceptors (Lipinski definition) is 2. The van der Waals surface area contributed by atoms with Gasteiger partial charge < -0.3 is 9.30 Å². The number of ether oxygens (including phenoxy) is 1. The zero-order valence-corrected chi connectivity index (χ0v) is 14.2. The largest absolute Gasteiger partial charge is 0.493 e. The molecule has 3 aromatic rings. The Morgan fingerprint density at radius 2 is 1.74 bits per heavy atom. The quantitative estimate of drug-likeness (QED) is 0.618. The van der Waals surface area contributed by atoms with Gasteiger partial charge >= 0.3 is 0 Å². The summed E-state index contributed by atoms with van der Waals surface area (Å²) in [7, 11) is 0. The fourth-order valence-corrected chi connectivity index (χ4v) is 3.07. The summed E-state index contributed by atoms with van der Waals surface area (Å²) in [6, 6.07) is 14.6. The lowest BCUT2D eigenvalue weighted by Crippen LogP contribution is -2.08. The molecule has 0 saturated heterocycles. The second-order valence-corrected chi connectivity index (χ2v) is 5.94. The number of nitrogens with zero attached hydrogens (tertiary/aromatic N) is 2. The SMILES string of the molecule is CCc1nc2ccccc2n1CCCOc1c(C)cccc1C. The van der Waals surface area contributed by atoms with E-state index >= 15 is 0 Å². The number of imidazole rings is 1. The normalized spacial score (nSPS) is 11.1. The molecule has 0 amide bonds. The van der Waals surface area contributed by atoms with Gasteiger partial charge in [-0.05, 0) is 43.5 Å². The lowest BCUT2D eigenvalue weighted by atomic mass is 10.1. The Labute approximate surface area is 137 Å². The summed E-state index contributed by atoms with van der Waals surface area (Å²) >= 11 is 0. The zero-order chi connectivity index (χ0) is 16.2. The molecule has 0 radical (unpaired) electrons. The van der Waals surface area contributed by atoms with Crippen LogP contribution in [0.1, 0.15) is 30.3 Å². The predicted molar refractivity (Wildman–Crippen MR) is 95.1 cm³/mol. The van der Waals surface area contributed by atoms with Gasteiger partial charge in [-0.2, -0.15) is 0 Å². The molecule has 0 unspecified atom stereocenters. The van der Waals surface area contributed by atoms with Gasteiger partial charge in [-0.25, -0.2) is 4.98 Å². The molecular formula is C20H24N2O. The number of aromatic nitrogens is 2. The molecule has 0 aliphatic rings. The van der Waals surface area contributed by atoms with Crippen molar-refractivity contribution in [2.75, 3.05) is 6.61 Å². The Morgan fingerprint density at radius 3 is 2.48 bits per heavy atom. The fraction of sp³-hybridized carbons (Fsp3) is 0.350. The molecule has 120 valence electrons. The number of aryl methyl sites for hydroxylation is 4. The highest BCUT2D eigenvalue weighted by Gasteiger charge is 2.09. The highest BCUT2D eigenvalue weighted by molar-refractivity contribution is 5.75. The van der Waals surface area contributed by atoms with Gasteiger partial charge in [0.15, 0.2) is 0 Å². The van der Waals surface area contributed by atoms with Crippen LogP contribution in [0.2, 0.25) is 0 Å². The van der Waals surface area contributed by atoms with Gasteiger partial charge in [0.2, 0.25) is 0 Å². The molecule has 3 nitrogen and oxygen atoms in total. The number of benzene rings is 2. The Hall–Kier alpha value is -2.29. The topological polar surface area (TPSA) is 27.1 Å². The summed E-state index contributed by atoms with van der Waals surface area (Å²) in [6.07, 6.45) is 1.92. The lowest BCUT2D eigenvalue weighted by Gasteiger charge is -2.13. The van der Waals surface area contributed by atoms with E-state index in [0.717, 1.165) is 43.1 Å². The Kier molecular flexibility index (Phi) is 4.65. The summed E-state index contributed by atoms with van der Waals surface area (Å²) in [4.78, 5) is 4.72. The number of rotatable bonds is 6. The van der Waals surface area contributed by atoms with Gasteiger partial charge in [0.1, 0.15) is 11.6 Å². The third kappa shape index (κ3) is 3.24. The van der Waals surface area contributed by atoms with Crippen molar-refractivity contribution < 1.29 is 4.74 Å². The van der Waals surface area contributed by atoms with Crippen molar-refractivity contribution in [2.24, 2.45) is 0 Å². The number of para-hydroxylation sites is 3. The molecule has 2 aromatic carbocycles. The van der Waals surface area contributed by atoms with Crippen molar-refractivity contribution >= 4 is 11.0 Å². The monoisotopic (exact) mass is 308 g/mol. The van der Waals surface area contributed by atoms with Crippen molar-refractivity contribution in [3.63, 3.8) is 0 Å². The molecule has 1 aromatic heterocycles.